The van der Waals surface area contributed by atoms with E-state index in [0.717, 1.165) is 16.1 Å². The zero-order valence-electron chi connectivity index (χ0n) is 19.3. The van der Waals surface area contributed by atoms with E-state index in [-0.39, 0.29) is 25.0 Å². The van der Waals surface area contributed by atoms with Crippen molar-refractivity contribution in [1.29, 1.82) is 0 Å². The average molecular weight is 546 g/mol. The zero-order valence-corrected chi connectivity index (χ0v) is 20.9. The molecular weight excluding hydrogens is 518 g/mol. The summed E-state index contributed by atoms with van der Waals surface area (Å²) in [4.78, 5) is 40.8. The Kier molecular flexibility index (Phi) is 7.78. The highest BCUT2D eigenvalue weighted by molar-refractivity contribution is 9.10. The van der Waals surface area contributed by atoms with Crippen LogP contribution in [0, 0.1) is 0 Å². The number of carbonyl (C=O) groups excluding carboxylic acids is 2. The number of rotatable bonds is 9. The fraction of sp³-hybridized carbons (Fsp3) is 0.409. The van der Waals surface area contributed by atoms with Gasteiger partial charge in [-0.15, -0.1) is 0 Å². The monoisotopic (exact) mass is 545 g/mol. The lowest BCUT2D eigenvalue weighted by Crippen LogP contribution is -2.47. The summed E-state index contributed by atoms with van der Waals surface area (Å²) in [6.45, 7) is 2.07. The average Bonchev–Trinajstić information content (AvgIpc) is 3.40. The molecule has 186 valence electrons. The van der Waals surface area contributed by atoms with Gasteiger partial charge in [0.15, 0.2) is 11.5 Å². The molecule has 3 amide bonds. The van der Waals surface area contributed by atoms with E-state index >= 15 is 0 Å². The van der Waals surface area contributed by atoms with Gasteiger partial charge in [-0.2, -0.15) is 0 Å². The maximum absolute atomic E-state index is 12.3. The van der Waals surface area contributed by atoms with E-state index in [1.165, 1.54) is 0 Å². The van der Waals surface area contributed by atoms with Crippen molar-refractivity contribution in [3.63, 3.8) is 0 Å². The molecule has 0 radical (unpaired) electrons. The molecule has 0 aromatic carbocycles. The quantitative estimate of drug-likeness (QED) is 0.288. The number of imidazole rings is 1. The van der Waals surface area contributed by atoms with Crippen LogP contribution in [0.3, 0.4) is 0 Å². The minimum absolute atomic E-state index is 0.130. The van der Waals surface area contributed by atoms with Crippen LogP contribution in [0.2, 0.25) is 0 Å². The molecule has 1 saturated heterocycles. The van der Waals surface area contributed by atoms with Gasteiger partial charge in [-0.3, -0.25) is 19.1 Å². The number of anilines is 2. The molecular formula is C22H28BrN9O3. The largest absolute Gasteiger partial charge is 0.387 e. The predicted molar refractivity (Wildman–Crippen MR) is 134 cm³/mol. The van der Waals surface area contributed by atoms with Crippen LogP contribution in [-0.4, -0.2) is 93.2 Å². The lowest BCUT2D eigenvalue weighted by atomic mass is 10.0. The fourth-order valence-electron chi connectivity index (χ4n) is 4.11. The van der Waals surface area contributed by atoms with E-state index in [9.17, 15) is 14.7 Å². The van der Waals surface area contributed by atoms with Crippen LogP contribution in [0.4, 0.5) is 16.3 Å². The molecule has 4 N–H and O–H groups in total. The highest BCUT2D eigenvalue weighted by Crippen LogP contribution is 2.29. The van der Waals surface area contributed by atoms with Crippen molar-refractivity contribution in [3.05, 3.63) is 47.7 Å². The molecule has 4 heterocycles. The van der Waals surface area contributed by atoms with Crippen LogP contribution >= 0.6 is 15.9 Å². The molecule has 3 aromatic heterocycles. The number of carbonyl (C=O) groups is 2. The highest BCUT2D eigenvalue weighted by atomic mass is 79.9. The molecule has 1 aliphatic heterocycles. The number of halogens is 1. The number of β-amino-alcohol motifs (C(OH)–C–C–N with tert-alkyl or cyclic N) is 1. The first kappa shape index (κ1) is 24.8. The number of hydrogen-bond donors (Lipinski definition) is 4. The van der Waals surface area contributed by atoms with Crippen LogP contribution < -0.4 is 20.9 Å². The summed E-state index contributed by atoms with van der Waals surface area (Å²) in [5, 5.41) is 19.2. The summed E-state index contributed by atoms with van der Waals surface area (Å²) in [7, 11) is 1.80. The Bertz CT molecular complexity index is 1180. The minimum atomic E-state index is -0.973. The SMILES string of the molecule is CN(CC(=O)NCCNC(=O)Nc1cccnc1)CC1(O)CCN(c2nccn3c(Br)cnc23)C1. The third-order valence-electron chi connectivity index (χ3n) is 5.63. The number of fused-ring (bicyclic) bond motifs is 1. The number of nitrogens with one attached hydrogen (secondary N) is 3. The summed E-state index contributed by atoms with van der Waals surface area (Å²) in [5.41, 5.74) is 0.336. The molecule has 4 rings (SSSR count). The van der Waals surface area contributed by atoms with Crippen LogP contribution in [0.25, 0.3) is 5.65 Å². The summed E-state index contributed by atoms with van der Waals surface area (Å²) < 4.78 is 2.73. The number of hydrogen-bond acceptors (Lipinski definition) is 8. The Morgan fingerprint density at radius 3 is 2.86 bits per heavy atom. The number of aromatic nitrogens is 4. The molecule has 13 heteroatoms. The summed E-state index contributed by atoms with van der Waals surface area (Å²) in [6, 6.07) is 3.09. The van der Waals surface area contributed by atoms with Crippen molar-refractivity contribution in [2.45, 2.75) is 12.0 Å². The van der Waals surface area contributed by atoms with Crippen molar-refractivity contribution in [2.24, 2.45) is 0 Å². The number of aliphatic hydroxyl groups is 1. The number of likely N-dealkylation sites (N-methyl/N-ethyl adjacent to an activating group) is 1. The Hall–Kier alpha value is -3.29. The van der Waals surface area contributed by atoms with Gasteiger partial charge in [0.05, 0.1) is 30.2 Å². The molecule has 3 aromatic rings. The number of amides is 3. The Morgan fingerprint density at radius 1 is 1.23 bits per heavy atom. The second kappa shape index (κ2) is 11.0. The third kappa shape index (κ3) is 6.44. The molecule has 1 aliphatic rings. The molecule has 1 atom stereocenters. The molecule has 1 unspecified atom stereocenters. The maximum atomic E-state index is 12.3. The van der Waals surface area contributed by atoms with Crippen molar-refractivity contribution in [1.82, 2.24) is 34.9 Å². The zero-order chi connectivity index (χ0) is 24.8. The standard InChI is InChI=1S/C22H28BrN9O3/c1-30(13-18(33)25-6-7-27-21(34)29-16-3-2-5-24-11-16)14-22(35)4-9-31(15-22)19-20-28-12-17(23)32(20)10-8-26-19/h2-3,5,8,10-12,35H,4,6-7,9,13-15H2,1H3,(H,25,33)(H2,27,29,34). The van der Waals surface area contributed by atoms with Crippen LogP contribution in [0.15, 0.2) is 47.7 Å². The first-order chi connectivity index (χ1) is 16.8. The Labute approximate surface area is 210 Å². The Morgan fingerprint density at radius 2 is 2.06 bits per heavy atom. The maximum Gasteiger partial charge on any atom is 0.319 e. The second-order valence-electron chi connectivity index (χ2n) is 8.57. The number of nitrogens with zero attached hydrogens (tertiary/aromatic N) is 6. The molecule has 0 spiro atoms. The lowest BCUT2D eigenvalue weighted by molar-refractivity contribution is -0.122. The number of urea groups is 1. The highest BCUT2D eigenvalue weighted by Gasteiger charge is 2.38. The molecule has 1 fully saturated rings. The fourth-order valence-corrected chi connectivity index (χ4v) is 4.50. The molecule has 0 saturated carbocycles. The van der Waals surface area contributed by atoms with Gasteiger partial charge in [-0.25, -0.2) is 14.8 Å². The van der Waals surface area contributed by atoms with Gasteiger partial charge in [-0.1, -0.05) is 0 Å². The smallest absolute Gasteiger partial charge is 0.319 e. The molecule has 0 bridgehead atoms. The van der Waals surface area contributed by atoms with Crippen molar-refractivity contribution < 1.29 is 14.7 Å². The van der Waals surface area contributed by atoms with E-state index in [0.29, 0.717) is 38.3 Å². The van der Waals surface area contributed by atoms with E-state index in [1.807, 2.05) is 15.5 Å². The minimum Gasteiger partial charge on any atom is -0.387 e. The molecule has 0 aliphatic carbocycles. The van der Waals surface area contributed by atoms with Gasteiger partial charge < -0.3 is 26.0 Å². The topological polar surface area (TPSA) is 140 Å². The van der Waals surface area contributed by atoms with Gasteiger partial charge in [0.25, 0.3) is 0 Å². The summed E-state index contributed by atoms with van der Waals surface area (Å²) >= 11 is 3.46. The van der Waals surface area contributed by atoms with E-state index in [1.54, 1.807) is 48.9 Å². The van der Waals surface area contributed by atoms with Crippen molar-refractivity contribution in [3.8, 4) is 0 Å². The van der Waals surface area contributed by atoms with Crippen LogP contribution in [0.1, 0.15) is 6.42 Å². The van der Waals surface area contributed by atoms with Crippen molar-refractivity contribution >= 4 is 45.0 Å². The Balaban J connectivity index is 1.18. The van der Waals surface area contributed by atoms with Crippen LogP contribution in [-0.2, 0) is 4.79 Å². The summed E-state index contributed by atoms with van der Waals surface area (Å²) in [5.74, 6) is 0.531. The summed E-state index contributed by atoms with van der Waals surface area (Å²) in [6.07, 6.45) is 8.97. The first-order valence-electron chi connectivity index (χ1n) is 11.2. The third-order valence-corrected chi connectivity index (χ3v) is 6.21. The normalized spacial score (nSPS) is 17.7. The van der Waals surface area contributed by atoms with Gasteiger partial charge in [0, 0.05) is 51.3 Å². The lowest BCUT2D eigenvalue weighted by Gasteiger charge is -2.28. The van der Waals surface area contributed by atoms with Crippen LogP contribution in [0.5, 0.6) is 0 Å². The molecule has 35 heavy (non-hydrogen) atoms. The van der Waals surface area contributed by atoms with E-state index < -0.39 is 5.60 Å². The van der Waals surface area contributed by atoms with Gasteiger partial charge >= 0.3 is 6.03 Å². The van der Waals surface area contributed by atoms with Gasteiger partial charge in [0.1, 0.15) is 4.60 Å². The van der Waals surface area contributed by atoms with Gasteiger partial charge in [0.2, 0.25) is 5.91 Å². The first-order valence-corrected chi connectivity index (χ1v) is 12.0. The van der Waals surface area contributed by atoms with Crippen molar-refractivity contribution in [2.75, 3.05) is 56.5 Å². The van der Waals surface area contributed by atoms with E-state index in [4.69, 9.17) is 0 Å². The second-order valence-corrected chi connectivity index (χ2v) is 9.38. The molecule has 12 nitrogen and oxygen atoms in total. The van der Waals surface area contributed by atoms with Gasteiger partial charge in [-0.05, 0) is 41.5 Å². The van der Waals surface area contributed by atoms with E-state index in [2.05, 4.69) is 46.8 Å². The predicted octanol–water partition coefficient (Wildman–Crippen LogP) is 0.698. The number of pyridine rings is 1.